The fourth-order valence-corrected chi connectivity index (χ4v) is 0. The number of hydrogen-bond donors (Lipinski definition) is 0. The van der Waals surface area contributed by atoms with Gasteiger partial charge >= 0.3 is 75.5 Å². The Hall–Kier alpha value is 4.24. The van der Waals surface area contributed by atoms with Crippen LogP contribution < -0.4 is 0 Å². The first-order valence-electron chi connectivity index (χ1n) is 0.775. The maximum absolute atomic E-state index is 2.65. The van der Waals surface area contributed by atoms with Crippen LogP contribution in [0.2, 0.25) is 0 Å². The zero-order valence-electron chi connectivity index (χ0n) is 2.18. The summed E-state index contributed by atoms with van der Waals surface area (Å²) in [4.78, 5) is 0. The molecule has 0 spiro atoms. The van der Waals surface area contributed by atoms with E-state index >= 15 is 0 Å². The molecule has 0 rings (SSSR count). The van der Waals surface area contributed by atoms with Gasteiger partial charge in [0.15, 0.2) is 0 Å². The SMILES string of the molecule is PP(P)P.[CaH2].[CaH2]. The van der Waals surface area contributed by atoms with Crippen LogP contribution >= 0.6 is 33.8 Å². The van der Waals surface area contributed by atoms with Gasteiger partial charge in [0.25, 0.3) is 0 Å². The van der Waals surface area contributed by atoms with Crippen LogP contribution in [0.1, 0.15) is 0 Å². The predicted octanol–water partition coefficient (Wildman–Crippen LogP) is 0.00620. The Kier molecular flexibility index (Phi) is 33.3. The molecule has 3 atom stereocenters. The van der Waals surface area contributed by atoms with Gasteiger partial charge in [-0.1, -0.05) is 0 Å². The summed E-state index contributed by atoms with van der Waals surface area (Å²) in [6, 6.07) is 0. The normalized spacial score (nSPS) is 6.00. The average Bonchev–Trinajstić information content (AvgIpc) is 0.811. The van der Waals surface area contributed by atoms with Gasteiger partial charge in [-0.15, -0.1) is 26.8 Å². The van der Waals surface area contributed by atoms with Crippen LogP contribution in [0.5, 0.6) is 0 Å². The molecule has 0 aliphatic carbocycles. The first kappa shape index (κ1) is 16.7. The summed E-state index contributed by atoms with van der Waals surface area (Å²) in [5.41, 5.74) is 0. The number of hydrogen-bond acceptors (Lipinski definition) is 0. The van der Waals surface area contributed by atoms with Crippen LogP contribution in [0.15, 0.2) is 0 Å². The van der Waals surface area contributed by atoms with Gasteiger partial charge in [0.1, 0.15) is 0 Å². The molecule has 0 aromatic heterocycles. The molecule has 0 radical (unpaired) electrons. The van der Waals surface area contributed by atoms with Crippen molar-refractivity contribution in [2.45, 2.75) is 0 Å². The molecule has 0 saturated heterocycles. The van der Waals surface area contributed by atoms with Gasteiger partial charge < -0.3 is 0 Å². The summed E-state index contributed by atoms with van der Waals surface area (Å²) in [5, 5.41) is 0. The average molecular weight is 214 g/mol. The third kappa shape index (κ3) is 24.0. The van der Waals surface area contributed by atoms with Crippen LogP contribution in [0.4, 0.5) is 0 Å². The molecule has 0 fully saturated rings. The Morgan fingerprint density at radius 2 is 0.833 bits per heavy atom. The van der Waals surface area contributed by atoms with Gasteiger partial charge in [0.2, 0.25) is 0 Å². The summed E-state index contributed by atoms with van der Waals surface area (Å²) in [6.07, 6.45) is 0. The van der Waals surface area contributed by atoms with Gasteiger partial charge in [-0.2, -0.15) is 0 Å². The van der Waals surface area contributed by atoms with Crippen LogP contribution in [-0.4, -0.2) is 75.5 Å². The second-order valence-electron chi connectivity index (χ2n) is 0.447. The molecule has 0 saturated carbocycles. The van der Waals surface area contributed by atoms with Gasteiger partial charge in [0.05, 0.1) is 0 Å². The molecule has 0 nitrogen and oxygen atoms in total. The zero-order valence-corrected chi connectivity index (χ0v) is 6.54. The minimum atomic E-state index is 0. The second-order valence-corrected chi connectivity index (χ2v) is 12.1. The monoisotopic (exact) mass is 214 g/mol. The molecular formula is H10Ca2P4. The van der Waals surface area contributed by atoms with Crippen LogP contribution in [0.25, 0.3) is 0 Å². The van der Waals surface area contributed by atoms with Gasteiger partial charge in [-0.3, -0.25) is 0 Å². The third-order valence-corrected chi connectivity index (χ3v) is 0. The van der Waals surface area contributed by atoms with Crippen molar-refractivity contribution >= 4 is 109 Å². The fourth-order valence-electron chi connectivity index (χ4n) is 0. The first-order chi connectivity index (χ1) is 1.73. The van der Waals surface area contributed by atoms with E-state index in [1.807, 2.05) is 0 Å². The van der Waals surface area contributed by atoms with Crippen molar-refractivity contribution < 1.29 is 0 Å². The zero-order chi connectivity index (χ0) is 3.58. The van der Waals surface area contributed by atoms with Crippen LogP contribution in [0.3, 0.4) is 0 Å². The fraction of sp³-hybridized carbons (Fsp3) is 0. The Balaban J connectivity index is -0.0000000450. The Morgan fingerprint density at radius 1 is 0.833 bits per heavy atom. The van der Waals surface area contributed by atoms with E-state index in [-0.39, 0.29) is 82.5 Å². The quantitative estimate of drug-likeness (QED) is 0.393. The molecule has 0 aliphatic heterocycles. The molecule has 3 unspecified atom stereocenters. The molecule has 6 heteroatoms. The van der Waals surface area contributed by atoms with E-state index in [1.165, 1.54) is 0 Å². The third-order valence-electron chi connectivity index (χ3n) is 0. The molecule has 34 valence electrons. The topological polar surface area (TPSA) is 0 Å². The van der Waals surface area contributed by atoms with Gasteiger partial charge in [-0.25, -0.2) is 0 Å². The molecular weight excluding hydrogens is 204 g/mol. The van der Waals surface area contributed by atoms with Crippen LogP contribution in [-0.2, 0) is 0 Å². The van der Waals surface area contributed by atoms with Crippen molar-refractivity contribution in [2.24, 2.45) is 0 Å². The second kappa shape index (κ2) is 12.0. The molecule has 0 aliphatic rings. The van der Waals surface area contributed by atoms with E-state index in [0.717, 1.165) is 0 Å². The molecule has 0 bridgehead atoms. The summed E-state index contributed by atoms with van der Waals surface area (Å²) in [5.74, 6) is 0. The summed E-state index contributed by atoms with van der Waals surface area (Å²) < 4.78 is 0. The standard InChI is InChI=1S/2Ca.H6P4.4H/c;;1-4(2)3;;;;/h;;1-3H2;;;;. The molecule has 0 aromatic carbocycles. The molecule has 0 heterocycles. The van der Waals surface area contributed by atoms with E-state index in [1.54, 1.807) is 0 Å². The first-order valence-corrected chi connectivity index (χ1v) is 6.97. The van der Waals surface area contributed by atoms with E-state index in [9.17, 15) is 0 Å². The van der Waals surface area contributed by atoms with Crippen molar-refractivity contribution in [3.8, 4) is 0 Å². The van der Waals surface area contributed by atoms with Crippen LogP contribution in [0, 0.1) is 0 Å². The summed E-state index contributed by atoms with van der Waals surface area (Å²) in [6.45, 7) is 0.130. The van der Waals surface area contributed by atoms with E-state index in [2.05, 4.69) is 26.8 Å². The van der Waals surface area contributed by atoms with E-state index in [0.29, 0.717) is 0 Å². The Morgan fingerprint density at radius 3 is 0.833 bits per heavy atom. The summed E-state index contributed by atoms with van der Waals surface area (Å²) >= 11 is 0. The van der Waals surface area contributed by atoms with Crippen molar-refractivity contribution in [1.82, 2.24) is 0 Å². The van der Waals surface area contributed by atoms with E-state index < -0.39 is 0 Å². The molecule has 0 amide bonds. The van der Waals surface area contributed by atoms with Crippen molar-refractivity contribution in [3.05, 3.63) is 0 Å². The van der Waals surface area contributed by atoms with Gasteiger partial charge in [-0.05, 0) is 6.99 Å². The van der Waals surface area contributed by atoms with Crippen molar-refractivity contribution in [2.75, 3.05) is 0 Å². The Bertz CT molecular complexity index is 10.3. The maximum atomic E-state index is 2.65. The molecule has 0 N–H and O–H groups in total. The number of rotatable bonds is 0. The minimum absolute atomic E-state index is 0. The Labute approximate surface area is 107 Å². The molecule has 6 heavy (non-hydrogen) atoms. The van der Waals surface area contributed by atoms with Crippen molar-refractivity contribution in [1.29, 1.82) is 0 Å². The molecule has 0 aromatic rings. The van der Waals surface area contributed by atoms with Gasteiger partial charge in [0, 0.05) is 0 Å². The predicted molar refractivity (Wildman–Crippen MR) is 53.1 cm³/mol. The van der Waals surface area contributed by atoms with Crippen molar-refractivity contribution in [3.63, 3.8) is 0 Å². The summed E-state index contributed by atoms with van der Waals surface area (Å²) in [7, 11) is 7.94. The van der Waals surface area contributed by atoms with E-state index in [4.69, 9.17) is 0 Å².